The molecule has 0 spiro atoms. The van der Waals surface area contributed by atoms with E-state index < -0.39 is 0 Å². The first-order chi connectivity index (χ1) is 11.2. The molecule has 2 fully saturated rings. The fraction of sp³-hybridized carbons (Fsp3) is 0.706. The molecule has 0 bridgehead atoms. The maximum atomic E-state index is 12.6. The van der Waals surface area contributed by atoms with Crippen molar-refractivity contribution in [2.45, 2.75) is 45.6 Å². The van der Waals surface area contributed by atoms with Crippen LogP contribution >= 0.6 is 0 Å². The van der Waals surface area contributed by atoms with Crippen LogP contribution in [0.5, 0.6) is 0 Å². The average molecular weight is 317 g/mol. The predicted octanol–water partition coefficient (Wildman–Crippen LogP) is 2.14. The summed E-state index contributed by atoms with van der Waals surface area (Å²) < 4.78 is 0. The summed E-state index contributed by atoms with van der Waals surface area (Å²) in [4.78, 5) is 25.5. The summed E-state index contributed by atoms with van der Waals surface area (Å²) in [5, 5.41) is 3.41. The molecule has 2 aliphatic rings. The Bertz CT molecular complexity index is 542. The van der Waals surface area contributed by atoms with Gasteiger partial charge in [-0.25, -0.2) is 9.97 Å². The summed E-state index contributed by atoms with van der Waals surface area (Å²) >= 11 is 0. The summed E-state index contributed by atoms with van der Waals surface area (Å²) in [6.45, 7) is 7.38. The van der Waals surface area contributed by atoms with E-state index in [-0.39, 0.29) is 11.8 Å². The molecule has 6 heteroatoms. The lowest BCUT2D eigenvalue weighted by atomic mass is 9.96. The lowest BCUT2D eigenvalue weighted by molar-refractivity contribution is -0.135. The normalized spacial score (nSPS) is 21.1. The second-order valence-electron chi connectivity index (χ2n) is 6.48. The van der Waals surface area contributed by atoms with Gasteiger partial charge < -0.3 is 15.1 Å². The zero-order chi connectivity index (χ0) is 16.2. The molecule has 2 heterocycles. The zero-order valence-corrected chi connectivity index (χ0v) is 14.2. The highest BCUT2D eigenvalue weighted by atomic mass is 16.2. The first-order valence-electron chi connectivity index (χ1n) is 8.83. The minimum Gasteiger partial charge on any atom is -0.367 e. The number of piperidine rings is 1. The zero-order valence-electron chi connectivity index (χ0n) is 14.2. The minimum absolute atomic E-state index is 0.0819. The molecule has 1 aromatic rings. The van der Waals surface area contributed by atoms with Crippen LogP contribution in [0.3, 0.4) is 0 Å². The van der Waals surface area contributed by atoms with Crippen LogP contribution in [-0.2, 0) is 4.79 Å². The van der Waals surface area contributed by atoms with Crippen molar-refractivity contribution in [3.8, 4) is 0 Å². The number of nitrogens with zero attached hydrogens (tertiary/aromatic N) is 4. The van der Waals surface area contributed by atoms with Crippen molar-refractivity contribution in [2.75, 3.05) is 36.4 Å². The quantitative estimate of drug-likeness (QED) is 0.871. The molecule has 3 rings (SSSR count). The first kappa shape index (κ1) is 16.0. The monoisotopic (exact) mass is 317 g/mol. The fourth-order valence-corrected chi connectivity index (χ4v) is 3.22. The summed E-state index contributed by atoms with van der Waals surface area (Å²) in [6.07, 6.45) is 6.08. The molecule has 0 aromatic carbocycles. The van der Waals surface area contributed by atoms with Gasteiger partial charge in [-0.05, 0) is 39.5 Å². The van der Waals surface area contributed by atoms with E-state index in [4.69, 9.17) is 0 Å². The number of nitrogens with one attached hydrogen (secondary N) is 1. The van der Waals surface area contributed by atoms with Crippen molar-refractivity contribution >= 4 is 17.5 Å². The van der Waals surface area contributed by atoms with E-state index in [1.165, 1.54) is 12.8 Å². The number of carbonyl (C=O) groups is 1. The molecule has 1 aromatic heterocycles. The molecule has 6 nitrogen and oxygen atoms in total. The molecular formula is C17H27N5O. The van der Waals surface area contributed by atoms with Gasteiger partial charge in [-0.15, -0.1) is 0 Å². The van der Waals surface area contributed by atoms with E-state index in [0.717, 1.165) is 50.7 Å². The number of rotatable bonds is 6. The van der Waals surface area contributed by atoms with Crippen LogP contribution in [0, 0.1) is 5.92 Å². The van der Waals surface area contributed by atoms with Gasteiger partial charge in [0.1, 0.15) is 18.0 Å². The van der Waals surface area contributed by atoms with E-state index in [1.54, 1.807) is 6.33 Å². The third-order valence-electron chi connectivity index (χ3n) is 4.75. The van der Waals surface area contributed by atoms with Crippen LogP contribution < -0.4 is 10.2 Å². The van der Waals surface area contributed by atoms with Crippen LogP contribution in [0.25, 0.3) is 0 Å². The lowest BCUT2D eigenvalue weighted by Crippen LogP contribution is -2.45. The van der Waals surface area contributed by atoms with Crippen molar-refractivity contribution in [2.24, 2.45) is 5.92 Å². The number of hydrogen-bond donors (Lipinski definition) is 1. The highest BCUT2D eigenvalue weighted by molar-refractivity contribution is 5.79. The Morgan fingerprint density at radius 1 is 1.30 bits per heavy atom. The van der Waals surface area contributed by atoms with Crippen molar-refractivity contribution in [1.29, 1.82) is 0 Å². The highest BCUT2D eigenvalue weighted by Crippen LogP contribution is 2.27. The molecule has 1 unspecified atom stereocenters. The molecular weight excluding hydrogens is 290 g/mol. The third kappa shape index (κ3) is 3.92. The van der Waals surface area contributed by atoms with Gasteiger partial charge in [0.15, 0.2) is 0 Å². The topological polar surface area (TPSA) is 61.4 Å². The minimum atomic E-state index is 0.0819. The Hall–Kier alpha value is -1.85. The molecule has 1 amide bonds. The van der Waals surface area contributed by atoms with E-state index in [9.17, 15) is 4.79 Å². The van der Waals surface area contributed by atoms with Crippen LogP contribution in [0.1, 0.15) is 39.5 Å². The van der Waals surface area contributed by atoms with Crippen molar-refractivity contribution < 1.29 is 4.79 Å². The Morgan fingerprint density at radius 3 is 2.78 bits per heavy atom. The molecule has 1 saturated carbocycles. The van der Waals surface area contributed by atoms with Crippen molar-refractivity contribution in [3.63, 3.8) is 0 Å². The molecule has 23 heavy (non-hydrogen) atoms. The van der Waals surface area contributed by atoms with E-state index >= 15 is 0 Å². The number of amides is 1. The molecule has 1 aliphatic heterocycles. The summed E-state index contributed by atoms with van der Waals surface area (Å²) in [5.41, 5.74) is 0. The smallest absolute Gasteiger partial charge is 0.227 e. The number of carbonyl (C=O) groups excluding carboxylic acids is 1. The van der Waals surface area contributed by atoms with E-state index in [2.05, 4.69) is 20.2 Å². The first-order valence-corrected chi connectivity index (χ1v) is 8.83. The summed E-state index contributed by atoms with van der Waals surface area (Å²) in [7, 11) is 0. The van der Waals surface area contributed by atoms with Crippen LogP contribution in [0.15, 0.2) is 12.4 Å². The predicted molar refractivity (Wildman–Crippen MR) is 91.5 cm³/mol. The molecule has 1 N–H and O–H groups in total. The molecule has 1 atom stereocenters. The second kappa shape index (κ2) is 7.15. The van der Waals surface area contributed by atoms with Crippen molar-refractivity contribution in [1.82, 2.24) is 14.9 Å². The molecule has 126 valence electrons. The van der Waals surface area contributed by atoms with Gasteiger partial charge in [0.25, 0.3) is 0 Å². The molecule has 1 saturated heterocycles. The third-order valence-corrected chi connectivity index (χ3v) is 4.75. The Balaban J connectivity index is 1.66. The number of hydrogen-bond acceptors (Lipinski definition) is 5. The summed E-state index contributed by atoms with van der Waals surface area (Å²) in [5.74, 6) is 2.19. The van der Waals surface area contributed by atoms with E-state index in [0.29, 0.717) is 6.04 Å². The highest BCUT2D eigenvalue weighted by Gasteiger charge is 2.29. The maximum Gasteiger partial charge on any atom is 0.227 e. The van der Waals surface area contributed by atoms with Crippen LogP contribution in [0.4, 0.5) is 11.6 Å². The standard InChI is InChI=1S/C17H27N5O/c1-3-21(4-2)17(23)13-6-5-9-22(11-13)16-10-15(18-12-19-16)20-14-7-8-14/h10,12-14H,3-9,11H2,1-2H3,(H,18,19,20). The van der Waals surface area contributed by atoms with Crippen LogP contribution in [0.2, 0.25) is 0 Å². The van der Waals surface area contributed by atoms with Crippen molar-refractivity contribution in [3.05, 3.63) is 12.4 Å². The molecule has 1 aliphatic carbocycles. The van der Waals surface area contributed by atoms with Gasteiger partial charge >= 0.3 is 0 Å². The summed E-state index contributed by atoms with van der Waals surface area (Å²) in [6, 6.07) is 2.60. The fourth-order valence-electron chi connectivity index (χ4n) is 3.22. The number of aromatic nitrogens is 2. The van der Waals surface area contributed by atoms with Gasteiger partial charge in [-0.2, -0.15) is 0 Å². The SMILES string of the molecule is CCN(CC)C(=O)C1CCCN(c2cc(NC3CC3)ncn2)C1. The Labute approximate surface area is 138 Å². The van der Waals surface area contributed by atoms with Gasteiger partial charge in [0, 0.05) is 38.3 Å². The Morgan fingerprint density at radius 2 is 2.09 bits per heavy atom. The number of anilines is 2. The van der Waals surface area contributed by atoms with Gasteiger partial charge in [0.2, 0.25) is 5.91 Å². The van der Waals surface area contributed by atoms with Crippen LogP contribution in [-0.4, -0.2) is 53.0 Å². The van der Waals surface area contributed by atoms with E-state index in [1.807, 2.05) is 24.8 Å². The van der Waals surface area contributed by atoms with Gasteiger partial charge in [-0.3, -0.25) is 4.79 Å². The molecule has 0 radical (unpaired) electrons. The van der Waals surface area contributed by atoms with Gasteiger partial charge in [-0.1, -0.05) is 0 Å². The second-order valence-corrected chi connectivity index (χ2v) is 6.48. The maximum absolute atomic E-state index is 12.6. The van der Waals surface area contributed by atoms with Gasteiger partial charge in [0.05, 0.1) is 5.92 Å². The Kier molecular flexibility index (Phi) is 4.98. The largest absolute Gasteiger partial charge is 0.367 e. The average Bonchev–Trinajstić information content (AvgIpc) is 3.40. The lowest BCUT2D eigenvalue weighted by Gasteiger charge is -2.35.